The summed E-state index contributed by atoms with van der Waals surface area (Å²) in [6, 6.07) is 9.89. The van der Waals surface area contributed by atoms with E-state index < -0.39 is 29.8 Å². The zero-order valence-electron chi connectivity index (χ0n) is 22.2. The Morgan fingerprint density at radius 1 is 1.20 bits per heavy atom. The largest absolute Gasteiger partial charge is 0.493 e. The van der Waals surface area contributed by atoms with Crippen molar-refractivity contribution in [2.45, 2.75) is 38.6 Å². The van der Waals surface area contributed by atoms with Crippen LogP contribution in [-0.2, 0) is 17.9 Å². The minimum Gasteiger partial charge on any atom is -0.493 e. The van der Waals surface area contributed by atoms with Gasteiger partial charge in [0, 0.05) is 50.4 Å². The van der Waals surface area contributed by atoms with Gasteiger partial charge in [0.25, 0.3) is 17.7 Å². The second-order valence-electron chi connectivity index (χ2n) is 9.53. The third-order valence-electron chi connectivity index (χ3n) is 6.88. The summed E-state index contributed by atoms with van der Waals surface area (Å²) in [5.74, 6) is -0.780. The normalized spacial score (nSPS) is 19.4. The molecule has 5 rings (SSSR count). The number of amides is 3. The summed E-state index contributed by atoms with van der Waals surface area (Å²) in [7, 11) is 1.45. The molecular formula is C28H30FN5O6. The number of carbonyl (C=O) groups excluding carboxylic acids is 3. The summed E-state index contributed by atoms with van der Waals surface area (Å²) < 4.78 is 33.3. The number of ether oxygens (including phenoxy) is 3. The fraction of sp³-hybridized carbons (Fsp3) is 0.357. The van der Waals surface area contributed by atoms with Crippen molar-refractivity contribution < 1.29 is 33.0 Å². The molecule has 2 aromatic carbocycles. The minimum absolute atomic E-state index is 0.0612. The molecule has 11 nitrogen and oxygen atoms in total. The maximum Gasteiger partial charge on any atom is 0.272 e. The third-order valence-corrected chi connectivity index (χ3v) is 6.88. The average molecular weight is 552 g/mol. The lowest BCUT2D eigenvalue weighted by Gasteiger charge is -2.39. The van der Waals surface area contributed by atoms with Gasteiger partial charge in [-0.15, -0.1) is 0 Å². The van der Waals surface area contributed by atoms with Gasteiger partial charge in [0.1, 0.15) is 23.4 Å². The van der Waals surface area contributed by atoms with E-state index in [-0.39, 0.29) is 42.7 Å². The fourth-order valence-electron chi connectivity index (χ4n) is 4.87. The fourth-order valence-corrected chi connectivity index (χ4v) is 4.87. The van der Waals surface area contributed by atoms with Crippen LogP contribution >= 0.6 is 0 Å². The Morgan fingerprint density at radius 2 is 2.05 bits per heavy atom. The predicted octanol–water partition coefficient (Wildman–Crippen LogP) is 2.15. The van der Waals surface area contributed by atoms with E-state index in [4.69, 9.17) is 14.2 Å². The molecule has 3 amide bonds. The number of benzene rings is 2. The van der Waals surface area contributed by atoms with Crippen molar-refractivity contribution in [2.75, 3.05) is 26.8 Å². The summed E-state index contributed by atoms with van der Waals surface area (Å²) in [4.78, 5) is 40.8. The second kappa shape index (κ2) is 11.6. The summed E-state index contributed by atoms with van der Waals surface area (Å²) in [5.41, 5.74) is 1.22. The molecule has 40 heavy (non-hydrogen) atoms. The van der Waals surface area contributed by atoms with Crippen LogP contribution in [0.1, 0.15) is 39.8 Å². The summed E-state index contributed by atoms with van der Waals surface area (Å²) in [6.07, 6.45) is 1.40. The zero-order chi connectivity index (χ0) is 28.2. The monoisotopic (exact) mass is 551 g/mol. The number of nitrogens with zero attached hydrogens (tertiary/aromatic N) is 3. The molecule has 4 bridgehead atoms. The number of fused-ring (bicyclic) bond motifs is 5. The first-order chi connectivity index (χ1) is 19.3. The SMILES string of the molecule is CCn1nccc1C(=O)N1CC[C@H]2Oc3cc(F)cc(c3)CNC(=O)COc3cc(ccc3OC)C(=O)N[C@H]2C1. The van der Waals surface area contributed by atoms with Gasteiger partial charge in [-0.3, -0.25) is 19.1 Å². The average Bonchev–Trinajstić information content (AvgIpc) is 3.43. The van der Waals surface area contributed by atoms with E-state index in [0.29, 0.717) is 36.5 Å². The Bertz CT molecular complexity index is 1430. The number of hydrogen-bond acceptors (Lipinski definition) is 7. The van der Waals surface area contributed by atoms with Gasteiger partial charge in [-0.2, -0.15) is 5.10 Å². The van der Waals surface area contributed by atoms with Crippen LogP contribution in [0.3, 0.4) is 0 Å². The first kappa shape index (κ1) is 27.0. The number of rotatable bonds is 3. The van der Waals surface area contributed by atoms with Crippen LogP contribution in [0, 0.1) is 5.82 Å². The number of aromatic nitrogens is 2. The third kappa shape index (κ3) is 5.85. The number of halogens is 1. The summed E-state index contributed by atoms with van der Waals surface area (Å²) >= 11 is 0. The van der Waals surface area contributed by atoms with Crippen molar-refractivity contribution in [1.29, 1.82) is 0 Å². The molecule has 12 heteroatoms. The van der Waals surface area contributed by atoms with Gasteiger partial charge in [0.15, 0.2) is 18.1 Å². The number of methoxy groups -OCH3 is 1. The Morgan fingerprint density at radius 3 is 2.85 bits per heavy atom. The highest BCUT2D eigenvalue weighted by molar-refractivity contribution is 5.95. The van der Waals surface area contributed by atoms with E-state index in [1.165, 1.54) is 25.3 Å². The summed E-state index contributed by atoms with van der Waals surface area (Å²) in [5, 5.41) is 9.87. The molecule has 2 atom stereocenters. The Kier molecular flexibility index (Phi) is 7.85. The molecule has 0 saturated carbocycles. The highest BCUT2D eigenvalue weighted by Crippen LogP contribution is 2.29. The van der Waals surface area contributed by atoms with Gasteiger partial charge in [-0.25, -0.2) is 4.39 Å². The standard InChI is InChI=1S/C28H30FN5O6/c1-3-34-22(6-8-31-34)28(37)33-9-7-23-21(15-33)32-27(36)18-4-5-24(38-2)25(12-18)39-16-26(35)30-14-17-10-19(29)13-20(11-17)40-23/h4-6,8,10-13,21,23H,3,7,9,14-16H2,1-2H3,(H,30,35)(H,32,36)/t21-,23+/m0/s1. The van der Waals surface area contributed by atoms with Gasteiger partial charge in [0.2, 0.25) is 0 Å². The maximum atomic E-state index is 14.5. The quantitative estimate of drug-likeness (QED) is 0.511. The van der Waals surface area contributed by atoms with Crippen molar-refractivity contribution in [3.05, 3.63) is 71.3 Å². The number of carbonyl (C=O) groups is 3. The van der Waals surface area contributed by atoms with Crippen LogP contribution in [0.4, 0.5) is 4.39 Å². The van der Waals surface area contributed by atoms with Crippen LogP contribution in [-0.4, -0.2) is 71.4 Å². The van der Waals surface area contributed by atoms with Gasteiger partial charge in [0.05, 0.1) is 13.2 Å². The Balaban J connectivity index is 1.47. The number of aryl methyl sites for hydroxylation is 1. The maximum absolute atomic E-state index is 14.5. The lowest BCUT2D eigenvalue weighted by Crippen LogP contribution is -2.58. The van der Waals surface area contributed by atoms with Gasteiger partial charge in [-0.1, -0.05) is 0 Å². The highest BCUT2D eigenvalue weighted by Gasteiger charge is 2.35. The molecule has 3 aromatic rings. The Labute approximate surface area is 230 Å². The summed E-state index contributed by atoms with van der Waals surface area (Å²) in [6.45, 7) is 2.70. The number of hydrogen-bond donors (Lipinski definition) is 2. The van der Waals surface area contributed by atoms with Crippen molar-refractivity contribution >= 4 is 17.7 Å². The lowest BCUT2D eigenvalue weighted by molar-refractivity contribution is -0.123. The molecule has 2 N–H and O–H groups in total. The molecule has 0 spiro atoms. The van der Waals surface area contributed by atoms with E-state index in [2.05, 4.69) is 15.7 Å². The van der Waals surface area contributed by atoms with E-state index >= 15 is 0 Å². The Hall–Kier alpha value is -4.61. The molecule has 210 valence electrons. The van der Waals surface area contributed by atoms with Crippen LogP contribution in [0.2, 0.25) is 0 Å². The molecule has 1 aromatic heterocycles. The van der Waals surface area contributed by atoms with Gasteiger partial charge < -0.3 is 29.7 Å². The molecule has 2 aliphatic heterocycles. The lowest BCUT2D eigenvalue weighted by atomic mass is 10.0. The van der Waals surface area contributed by atoms with Crippen molar-refractivity contribution in [1.82, 2.24) is 25.3 Å². The van der Waals surface area contributed by atoms with Crippen molar-refractivity contribution in [2.24, 2.45) is 0 Å². The second-order valence-corrected chi connectivity index (χ2v) is 9.53. The minimum atomic E-state index is -0.617. The molecule has 2 aliphatic rings. The van der Waals surface area contributed by atoms with Crippen LogP contribution in [0.15, 0.2) is 48.7 Å². The van der Waals surface area contributed by atoms with E-state index in [9.17, 15) is 18.8 Å². The molecule has 0 aliphatic carbocycles. The van der Waals surface area contributed by atoms with Crippen molar-refractivity contribution in [3.63, 3.8) is 0 Å². The van der Waals surface area contributed by atoms with Crippen LogP contribution in [0.5, 0.6) is 17.2 Å². The molecule has 0 radical (unpaired) electrons. The molecule has 1 saturated heterocycles. The van der Waals surface area contributed by atoms with E-state index in [0.717, 1.165) is 0 Å². The molecule has 1 fully saturated rings. The predicted molar refractivity (Wildman–Crippen MR) is 141 cm³/mol. The van der Waals surface area contributed by atoms with Gasteiger partial charge >= 0.3 is 0 Å². The zero-order valence-corrected chi connectivity index (χ0v) is 22.2. The highest BCUT2D eigenvalue weighted by atomic mass is 19.1. The topological polar surface area (TPSA) is 124 Å². The van der Waals surface area contributed by atoms with Gasteiger partial charge in [-0.05, 0) is 48.9 Å². The smallest absolute Gasteiger partial charge is 0.272 e. The van der Waals surface area contributed by atoms with E-state index in [1.807, 2.05) is 6.92 Å². The van der Waals surface area contributed by atoms with Crippen molar-refractivity contribution in [3.8, 4) is 17.2 Å². The molecule has 0 unspecified atom stereocenters. The number of nitrogens with one attached hydrogen (secondary N) is 2. The number of piperidine rings is 1. The van der Waals surface area contributed by atoms with Crippen LogP contribution < -0.4 is 24.8 Å². The molecular weight excluding hydrogens is 521 g/mol. The van der Waals surface area contributed by atoms with E-state index in [1.54, 1.807) is 40.0 Å². The molecule has 3 heterocycles. The van der Waals surface area contributed by atoms with Crippen LogP contribution in [0.25, 0.3) is 0 Å². The first-order valence-corrected chi connectivity index (χ1v) is 13.0. The first-order valence-electron chi connectivity index (χ1n) is 13.0. The number of likely N-dealkylation sites (tertiary alicyclic amines) is 1.